The highest BCUT2D eigenvalue weighted by Crippen LogP contribution is 2.34. The first-order chi connectivity index (χ1) is 14.6. The second-order valence-electron chi connectivity index (χ2n) is 6.51. The molecule has 0 bridgehead atoms. The number of benzene rings is 3. The lowest BCUT2D eigenvalue weighted by atomic mass is 10.1. The molecule has 0 fully saturated rings. The van der Waals surface area contributed by atoms with Crippen LogP contribution in [0.3, 0.4) is 0 Å². The van der Waals surface area contributed by atoms with Crippen LogP contribution < -0.4 is 10.1 Å². The van der Waals surface area contributed by atoms with Crippen LogP contribution in [0.25, 0.3) is 22.2 Å². The smallest absolute Gasteiger partial charge is 0.247 e. The van der Waals surface area contributed by atoms with E-state index in [0.29, 0.717) is 27.2 Å². The number of rotatable bonds is 6. The third-order valence-corrected chi connectivity index (χ3v) is 5.31. The molecule has 1 aromatic heterocycles. The molecule has 7 heteroatoms. The van der Waals surface area contributed by atoms with E-state index in [9.17, 15) is 4.79 Å². The number of aromatic amines is 1. The van der Waals surface area contributed by atoms with Crippen molar-refractivity contribution >= 4 is 45.7 Å². The van der Waals surface area contributed by atoms with Gasteiger partial charge in [0, 0.05) is 26.6 Å². The highest BCUT2D eigenvalue weighted by atomic mass is 35.5. The van der Waals surface area contributed by atoms with Crippen molar-refractivity contribution in [3.63, 3.8) is 0 Å². The molecule has 0 radical (unpaired) electrons. The van der Waals surface area contributed by atoms with Crippen LogP contribution in [0.2, 0.25) is 10.0 Å². The molecule has 0 aliphatic heterocycles. The molecule has 1 heterocycles. The van der Waals surface area contributed by atoms with Crippen molar-refractivity contribution in [2.75, 3.05) is 5.32 Å². The van der Waals surface area contributed by atoms with Crippen LogP contribution in [0.15, 0.2) is 73.3 Å². The van der Waals surface area contributed by atoms with Crippen LogP contribution in [0.5, 0.6) is 5.75 Å². The molecular weight excluding hydrogens is 421 g/mol. The summed E-state index contributed by atoms with van der Waals surface area (Å²) < 4.78 is 5.94. The number of fused-ring (bicyclic) bond motifs is 1. The van der Waals surface area contributed by atoms with E-state index in [-0.39, 0.29) is 12.5 Å². The number of H-pyrrole nitrogens is 1. The zero-order valence-electron chi connectivity index (χ0n) is 15.8. The number of carbonyl (C=O) groups excluding carboxylic acids is 1. The summed E-state index contributed by atoms with van der Waals surface area (Å²) in [6.07, 6.45) is 1.23. The van der Waals surface area contributed by atoms with Crippen molar-refractivity contribution in [1.29, 1.82) is 0 Å². The van der Waals surface area contributed by atoms with Gasteiger partial charge in [-0.15, -0.1) is 0 Å². The Bertz CT molecular complexity index is 1230. The molecular formula is C23H17Cl2N3O2. The first-order valence-electron chi connectivity index (χ1n) is 9.13. The minimum Gasteiger partial charge on any atom is -0.489 e. The lowest BCUT2D eigenvalue weighted by molar-refractivity contribution is -0.111. The zero-order chi connectivity index (χ0) is 21.1. The van der Waals surface area contributed by atoms with Crippen LogP contribution in [0, 0.1) is 0 Å². The van der Waals surface area contributed by atoms with Gasteiger partial charge in [-0.3, -0.25) is 9.89 Å². The second kappa shape index (κ2) is 8.61. The third kappa shape index (κ3) is 4.03. The van der Waals surface area contributed by atoms with Gasteiger partial charge in [0.05, 0.1) is 11.2 Å². The lowest BCUT2D eigenvalue weighted by Crippen LogP contribution is -2.08. The maximum absolute atomic E-state index is 11.8. The van der Waals surface area contributed by atoms with E-state index in [1.54, 1.807) is 18.2 Å². The van der Waals surface area contributed by atoms with Gasteiger partial charge in [-0.05, 0) is 42.5 Å². The average molecular weight is 438 g/mol. The molecule has 0 unspecified atom stereocenters. The minimum absolute atomic E-state index is 0.239. The van der Waals surface area contributed by atoms with E-state index in [2.05, 4.69) is 22.1 Å². The minimum atomic E-state index is -0.289. The number of amides is 1. The third-order valence-electron chi connectivity index (χ3n) is 4.60. The van der Waals surface area contributed by atoms with Gasteiger partial charge in [0.2, 0.25) is 5.91 Å². The van der Waals surface area contributed by atoms with Crippen molar-refractivity contribution in [2.24, 2.45) is 0 Å². The predicted octanol–water partition coefficient (Wildman–Crippen LogP) is 6.24. The number of nitrogens with one attached hydrogen (secondary N) is 2. The molecule has 0 saturated heterocycles. The average Bonchev–Trinajstić information content (AvgIpc) is 3.17. The Balaban J connectivity index is 1.68. The fraction of sp³-hybridized carbons (Fsp3) is 0.0435. The lowest BCUT2D eigenvalue weighted by Gasteiger charge is -2.10. The summed E-state index contributed by atoms with van der Waals surface area (Å²) in [4.78, 5) is 11.8. The Morgan fingerprint density at radius 1 is 1.10 bits per heavy atom. The molecule has 4 rings (SSSR count). The number of hydrogen-bond acceptors (Lipinski definition) is 3. The molecule has 4 aromatic rings. The van der Waals surface area contributed by atoms with E-state index < -0.39 is 0 Å². The van der Waals surface area contributed by atoms with Gasteiger partial charge in [0.25, 0.3) is 0 Å². The van der Waals surface area contributed by atoms with Gasteiger partial charge in [-0.2, -0.15) is 5.10 Å². The Kier molecular flexibility index (Phi) is 5.74. The van der Waals surface area contributed by atoms with Crippen molar-refractivity contribution in [1.82, 2.24) is 10.2 Å². The number of hydrogen-bond donors (Lipinski definition) is 2. The summed E-state index contributed by atoms with van der Waals surface area (Å²) in [5.41, 5.74) is 3.70. The van der Waals surface area contributed by atoms with E-state index >= 15 is 0 Å². The Hall–Kier alpha value is -3.28. The molecule has 30 heavy (non-hydrogen) atoms. The fourth-order valence-electron chi connectivity index (χ4n) is 3.10. The van der Waals surface area contributed by atoms with Crippen molar-refractivity contribution in [3.8, 4) is 17.0 Å². The normalized spacial score (nSPS) is 10.7. The van der Waals surface area contributed by atoms with E-state index in [1.807, 2.05) is 42.5 Å². The number of ether oxygens (including phenoxy) is 1. The maximum atomic E-state index is 11.8. The van der Waals surface area contributed by atoms with Crippen molar-refractivity contribution < 1.29 is 9.53 Å². The van der Waals surface area contributed by atoms with E-state index in [1.165, 1.54) is 6.08 Å². The first-order valence-corrected chi connectivity index (χ1v) is 9.89. The zero-order valence-corrected chi connectivity index (χ0v) is 17.3. The molecule has 3 aromatic carbocycles. The fourth-order valence-corrected chi connectivity index (χ4v) is 3.60. The summed E-state index contributed by atoms with van der Waals surface area (Å²) >= 11 is 12.5. The number of carbonyl (C=O) groups is 1. The summed E-state index contributed by atoms with van der Waals surface area (Å²) in [6.45, 7) is 3.74. The summed E-state index contributed by atoms with van der Waals surface area (Å²) in [6, 6.07) is 18.4. The first kappa shape index (κ1) is 20.0. The number of aromatic nitrogens is 2. The highest BCUT2D eigenvalue weighted by molar-refractivity contribution is 6.35. The molecule has 2 N–H and O–H groups in total. The maximum Gasteiger partial charge on any atom is 0.247 e. The number of anilines is 1. The Morgan fingerprint density at radius 3 is 2.63 bits per heavy atom. The Labute approximate surface area is 183 Å². The van der Waals surface area contributed by atoms with Gasteiger partial charge in [0.1, 0.15) is 18.1 Å². The van der Waals surface area contributed by atoms with Crippen LogP contribution in [-0.4, -0.2) is 16.1 Å². The van der Waals surface area contributed by atoms with E-state index in [4.69, 9.17) is 27.9 Å². The van der Waals surface area contributed by atoms with Crippen LogP contribution >= 0.6 is 23.2 Å². The number of nitrogens with zero attached hydrogens (tertiary/aromatic N) is 1. The predicted molar refractivity (Wildman–Crippen MR) is 121 cm³/mol. The molecule has 150 valence electrons. The topological polar surface area (TPSA) is 67.0 Å². The largest absolute Gasteiger partial charge is 0.489 e. The van der Waals surface area contributed by atoms with Gasteiger partial charge in [-0.25, -0.2) is 0 Å². The summed E-state index contributed by atoms with van der Waals surface area (Å²) in [5.74, 6) is 0.358. The molecule has 5 nitrogen and oxygen atoms in total. The van der Waals surface area contributed by atoms with Crippen molar-refractivity contribution in [2.45, 2.75) is 6.61 Å². The second-order valence-corrected chi connectivity index (χ2v) is 7.32. The quantitative estimate of drug-likeness (QED) is 0.350. The van der Waals surface area contributed by atoms with Gasteiger partial charge >= 0.3 is 0 Å². The standard InChI is InChI=1S/C23H17Cl2N3O2/c1-2-22(29)26-20-9-4-3-6-15(20)23-16-12-14(10-11-21(16)27-28-23)30-13-17-18(24)7-5-8-19(17)25/h2-12H,1,13H2,(H,26,29)(H,27,28). The number of halogens is 2. The SMILES string of the molecule is C=CC(=O)Nc1ccccc1-c1n[nH]c2ccc(OCc3c(Cl)cccc3Cl)cc12. The molecule has 0 atom stereocenters. The van der Waals surface area contributed by atoms with Crippen LogP contribution in [0.4, 0.5) is 5.69 Å². The number of para-hydroxylation sites is 1. The van der Waals surface area contributed by atoms with E-state index in [0.717, 1.165) is 22.0 Å². The van der Waals surface area contributed by atoms with Crippen LogP contribution in [-0.2, 0) is 11.4 Å². The summed E-state index contributed by atoms with van der Waals surface area (Å²) in [7, 11) is 0. The summed E-state index contributed by atoms with van der Waals surface area (Å²) in [5, 5.41) is 12.3. The molecule has 0 spiro atoms. The van der Waals surface area contributed by atoms with Gasteiger partial charge < -0.3 is 10.1 Å². The molecule has 0 saturated carbocycles. The molecule has 0 aliphatic rings. The van der Waals surface area contributed by atoms with Crippen LogP contribution in [0.1, 0.15) is 5.56 Å². The monoisotopic (exact) mass is 437 g/mol. The molecule has 0 aliphatic carbocycles. The van der Waals surface area contributed by atoms with Gasteiger partial charge in [0.15, 0.2) is 0 Å². The Morgan fingerprint density at radius 2 is 1.87 bits per heavy atom. The molecule has 1 amide bonds. The van der Waals surface area contributed by atoms with Gasteiger partial charge in [-0.1, -0.05) is 54.0 Å². The highest BCUT2D eigenvalue weighted by Gasteiger charge is 2.14. The van der Waals surface area contributed by atoms with Crippen molar-refractivity contribution in [3.05, 3.63) is 88.9 Å².